The van der Waals surface area contributed by atoms with E-state index in [2.05, 4.69) is 29.0 Å². The van der Waals surface area contributed by atoms with Gasteiger partial charge in [-0.25, -0.2) is 9.97 Å². The van der Waals surface area contributed by atoms with E-state index in [1.807, 2.05) is 26.0 Å². The highest BCUT2D eigenvalue weighted by Gasteiger charge is 2.12. The summed E-state index contributed by atoms with van der Waals surface area (Å²) in [5.41, 5.74) is 4.62. The molecule has 2 aromatic rings. The molecule has 104 valence electrons. The van der Waals surface area contributed by atoms with Crippen LogP contribution in [0.3, 0.4) is 0 Å². The number of hydrogen-bond acceptors (Lipinski definition) is 3. The van der Waals surface area contributed by atoms with E-state index in [1.165, 1.54) is 11.1 Å². The zero-order valence-corrected chi connectivity index (χ0v) is 12.0. The quantitative estimate of drug-likeness (QED) is 0.927. The first kappa shape index (κ1) is 14.2. The number of benzene rings is 1. The lowest BCUT2D eigenvalue weighted by Gasteiger charge is -2.10. The van der Waals surface area contributed by atoms with Crippen molar-refractivity contribution in [2.45, 2.75) is 33.6 Å². The summed E-state index contributed by atoms with van der Waals surface area (Å²) in [4.78, 5) is 19.7. The molecule has 0 unspecified atom stereocenters. The molecule has 0 saturated carbocycles. The Morgan fingerprint density at radius 3 is 2.25 bits per heavy atom. The molecule has 4 nitrogen and oxygen atoms in total. The van der Waals surface area contributed by atoms with E-state index in [0.29, 0.717) is 12.0 Å². The molecule has 0 amide bonds. The summed E-state index contributed by atoms with van der Waals surface area (Å²) in [5.74, 6) is -0.116. The predicted molar refractivity (Wildman–Crippen MR) is 76.8 cm³/mol. The second-order valence-corrected chi connectivity index (χ2v) is 4.96. The van der Waals surface area contributed by atoms with E-state index < -0.39 is 5.97 Å². The zero-order valence-electron chi connectivity index (χ0n) is 12.0. The Kier molecular flexibility index (Phi) is 4.13. The molecule has 4 heteroatoms. The van der Waals surface area contributed by atoms with Crippen LogP contribution in [-0.4, -0.2) is 21.0 Å². The number of carbonyl (C=O) groups is 1. The van der Waals surface area contributed by atoms with Crippen LogP contribution in [0.15, 0.2) is 24.3 Å². The molecule has 0 fully saturated rings. The van der Waals surface area contributed by atoms with Crippen molar-refractivity contribution in [2.75, 3.05) is 0 Å². The van der Waals surface area contributed by atoms with Gasteiger partial charge in [0.15, 0.2) is 0 Å². The van der Waals surface area contributed by atoms with Crippen LogP contribution in [0.2, 0.25) is 0 Å². The molecule has 0 bridgehead atoms. The third-order valence-corrected chi connectivity index (χ3v) is 3.40. The van der Waals surface area contributed by atoms with Crippen LogP contribution in [0.1, 0.15) is 33.9 Å². The largest absolute Gasteiger partial charge is 0.481 e. The Labute approximate surface area is 118 Å². The highest BCUT2D eigenvalue weighted by Crippen LogP contribution is 2.15. The van der Waals surface area contributed by atoms with Gasteiger partial charge in [0.2, 0.25) is 0 Å². The standard InChI is InChI=1S/C16H18N2O2/c1-10-6-4-5-7-13(10)8-15-17-11(2)14(9-16(19)20)12(3)18-15/h4-7H,8-9H2,1-3H3,(H,19,20). The van der Waals surface area contributed by atoms with Crippen molar-refractivity contribution in [2.24, 2.45) is 0 Å². The molecule has 1 heterocycles. The maximum absolute atomic E-state index is 10.8. The fourth-order valence-electron chi connectivity index (χ4n) is 2.27. The van der Waals surface area contributed by atoms with Crippen molar-refractivity contribution >= 4 is 5.97 Å². The van der Waals surface area contributed by atoms with Crippen LogP contribution >= 0.6 is 0 Å². The van der Waals surface area contributed by atoms with Crippen molar-refractivity contribution in [3.63, 3.8) is 0 Å². The van der Waals surface area contributed by atoms with Crippen LogP contribution in [0.5, 0.6) is 0 Å². The minimum atomic E-state index is -0.855. The number of hydrogen-bond donors (Lipinski definition) is 1. The van der Waals surface area contributed by atoms with Gasteiger partial charge in [0, 0.05) is 23.4 Å². The summed E-state index contributed by atoms with van der Waals surface area (Å²) in [6, 6.07) is 8.13. The highest BCUT2D eigenvalue weighted by atomic mass is 16.4. The van der Waals surface area contributed by atoms with Crippen LogP contribution in [0, 0.1) is 20.8 Å². The van der Waals surface area contributed by atoms with Gasteiger partial charge in [-0.1, -0.05) is 24.3 Å². The van der Waals surface area contributed by atoms with Crippen LogP contribution in [0.25, 0.3) is 0 Å². The number of carboxylic acid groups (broad SMARTS) is 1. The van der Waals surface area contributed by atoms with Gasteiger partial charge in [0.25, 0.3) is 0 Å². The predicted octanol–water partition coefficient (Wildman–Crippen LogP) is 2.62. The Morgan fingerprint density at radius 1 is 1.10 bits per heavy atom. The average molecular weight is 270 g/mol. The molecule has 0 aliphatic carbocycles. The lowest BCUT2D eigenvalue weighted by Crippen LogP contribution is -2.10. The number of aryl methyl sites for hydroxylation is 3. The van der Waals surface area contributed by atoms with Crippen molar-refractivity contribution in [1.82, 2.24) is 9.97 Å². The minimum absolute atomic E-state index is 0.0255. The number of nitrogens with zero attached hydrogens (tertiary/aromatic N) is 2. The maximum Gasteiger partial charge on any atom is 0.307 e. The highest BCUT2D eigenvalue weighted by molar-refractivity contribution is 5.70. The van der Waals surface area contributed by atoms with E-state index in [0.717, 1.165) is 17.2 Å². The van der Waals surface area contributed by atoms with Gasteiger partial charge in [0.1, 0.15) is 5.82 Å². The first-order valence-corrected chi connectivity index (χ1v) is 6.56. The van der Waals surface area contributed by atoms with Crippen LogP contribution < -0.4 is 0 Å². The Hall–Kier alpha value is -2.23. The van der Waals surface area contributed by atoms with Crippen molar-refractivity contribution in [1.29, 1.82) is 0 Å². The van der Waals surface area contributed by atoms with Gasteiger partial charge in [-0.05, 0) is 31.9 Å². The van der Waals surface area contributed by atoms with Gasteiger partial charge in [-0.3, -0.25) is 4.79 Å². The number of rotatable bonds is 4. The van der Waals surface area contributed by atoms with Crippen molar-refractivity contribution < 1.29 is 9.90 Å². The van der Waals surface area contributed by atoms with Gasteiger partial charge in [-0.15, -0.1) is 0 Å². The first-order chi connectivity index (χ1) is 9.47. The van der Waals surface area contributed by atoms with E-state index >= 15 is 0 Å². The minimum Gasteiger partial charge on any atom is -0.481 e. The first-order valence-electron chi connectivity index (χ1n) is 6.56. The average Bonchev–Trinajstić information content (AvgIpc) is 2.36. The zero-order chi connectivity index (χ0) is 14.7. The second-order valence-electron chi connectivity index (χ2n) is 4.96. The fraction of sp³-hybridized carbons (Fsp3) is 0.312. The molecular formula is C16H18N2O2. The van der Waals surface area contributed by atoms with Crippen LogP contribution in [-0.2, 0) is 17.6 Å². The molecule has 0 aliphatic rings. The summed E-state index contributed by atoms with van der Waals surface area (Å²) >= 11 is 0. The molecular weight excluding hydrogens is 252 g/mol. The number of aliphatic carboxylic acids is 1. The molecule has 0 spiro atoms. The Balaban J connectivity index is 2.31. The van der Waals surface area contributed by atoms with Gasteiger partial charge in [0.05, 0.1) is 6.42 Å². The molecule has 0 saturated heterocycles. The lowest BCUT2D eigenvalue weighted by molar-refractivity contribution is -0.136. The lowest BCUT2D eigenvalue weighted by atomic mass is 10.0. The van der Waals surface area contributed by atoms with Gasteiger partial charge < -0.3 is 5.11 Å². The summed E-state index contributed by atoms with van der Waals surface area (Å²) in [6.07, 6.45) is 0.643. The summed E-state index contributed by atoms with van der Waals surface area (Å²) in [6.45, 7) is 5.75. The van der Waals surface area contributed by atoms with E-state index in [1.54, 1.807) is 0 Å². The smallest absolute Gasteiger partial charge is 0.307 e. The van der Waals surface area contributed by atoms with Crippen LogP contribution in [0.4, 0.5) is 0 Å². The van der Waals surface area contributed by atoms with Gasteiger partial charge >= 0.3 is 5.97 Å². The Bertz CT molecular complexity index is 628. The van der Waals surface area contributed by atoms with E-state index in [9.17, 15) is 4.79 Å². The molecule has 0 atom stereocenters. The Morgan fingerprint density at radius 2 is 1.70 bits per heavy atom. The third-order valence-electron chi connectivity index (χ3n) is 3.40. The number of aromatic nitrogens is 2. The summed E-state index contributed by atoms with van der Waals surface area (Å²) < 4.78 is 0. The normalized spacial score (nSPS) is 10.6. The van der Waals surface area contributed by atoms with Crippen molar-refractivity contribution in [3.05, 3.63) is 58.2 Å². The molecule has 0 radical (unpaired) electrons. The SMILES string of the molecule is Cc1ccccc1Cc1nc(C)c(CC(=O)O)c(C)n1. The summed E-state index contributed by atoms with van der Waals surface area (Å²) in [5, 5.41) is 8.90. The van der Waals surface area contributed by atoms with E-state index in [-0.39, 0.29) is 6.42 Å². The molecule has 20 heavy (non-hydrogen) atoms. The fourth-order valence-corrected chi connectivity index (χ4v) is 2.27. The topological polar surface area (TPSA) is 63.1 Å². The van der Waals surface area contributed by atoms with Gasteiger partial charge in [-0.2, -0.15) is 0 Å². The molecule has 1 N–H and O–H groups in total. The molecule has 2 rings (SSSR count). The maximum atomic E-state index is 10.8. The monoisotopic (exact) mass is 270 g/mol. The van der Waals surface area contributed by atoms with Crippen molar-refractivity contribution in [3.8, 4) is 0 Å². The third kappa shape index (κ3) is 3.20. The molecule has 1 aromatic carbocycles. The van der Waals surface area contributed by atoms with E-state index in [4.69, 9.17) is 5.11 Å². The molecule has 0 aliphatic heterocycles. The summed E-state index contributed by atoms with van der Waals surface area (Å²) in [7, 11) is 0. The second kappa shape index (κ2) is 5.82. The molecule has 1 aromatic heterocycles. The number of carboxylic acids is 1.